The van der Waals surface area contributed by atoms with Gasteiger partial charge in [-0.05, 0) is 26.8 Å². The number of aliphatic carboxylic acids is 1. The van der Waals surface area contributed by atoms with Crippen LogP contribution in [0.25, 0.3) is 0 Å². The summed E-state index contributed by atoms with van der Waals surface area (Å²) in [4.78, 5) is 20.6. The smallest absolute Gasteiger partial charge is 0.323 e. The van der Waals surface area contributed by atoms with Gasteiger partial charge >= 0.3 is 5.97 Å². The van der Waals surface area contributed by atoms with Crippen LogP contribution in [0.1, 0.15) is 19.5 Å². The summed E-state index contributed by atoms with van der Waals surface area (Å²) in [7, 11) is 0. The molecule has 82 valence electrons. The van der Waals surface area contributed by atoms with Gasteiger partial charge in [-0.2, -0.15) is 0 Å². The first-order valence-electron chi connectivity index (χ1n) is 4.79. The summed E-state index contributed by atoms with van der Waals surface area (Å²) in [5, 5.41) is 8.77. The molecule has 0 saturated carbocycles. The summed E-state index contributed by atoms with van der Waals surface area (Å²) in [6.07, 6.45) is 1.63. The van der Waals surface area contributed by atoms with E-state index in [4.69, 9.17) is 5.11 Å². The van der Waals surface area contributed by atoms with E-state index in [1.165, 1.54) is 0 Å². The number of carboxylic acid groups (broad SMARTS) is 1. The molecule has 0 aromatic carbocycles. The SMILES string of the molecule is Cc1ccnc(N(CC(=O)O)C(C)C)n1. The molecule has 1 rings (SSSR count). The molecule has 1 aromatic rings. The van der Waals surface area contributed by atoms with Crippen LogP contribution in [-0.2, 0) is 4.79 Å². The van der Waals surface area contributed by atoms with Gasteiger partial charge in [-0.25, -0.2) is 9.97 Å². The summed E-state index contributed by atoms with van der Waals surface area (Å²) in [6.45, 7) is 5.59. The average molecular weight is 209 g/mol. The van der Waals surface area contributed by atoms with Crippen molar-refractivity contribution in [2.45, 2.75) is 26.8 Å². The lowest BCUT2D eigenvalue weighted by molar-refractivity contribution is -0.135. The van der Waals surface area contributed by atoms with Crippen molar-refractivity contribution < 1.29 is 9.90 Å². The lowest BCUT2D eigenvalue weighted by Gasteiger charge is -2.24. The van der Waals surface area contributed by atoms with Crippen LogP contribution in [0, 0.1) is 6.92 Å². The molecule has 0 radical (unpaired) electrons. The van der Waals surface area contributed by atoms with Crippen LogP contribution in [0.4, 0.5) is 5.95 Å². The maximum Gasteiger partial charge on any atom is 0.323 e. The largest absolute Gasteiger partial charge is 0.480 e. The lowest BCUT2D eigenvalue weighted by Crippen LogP contribution is -2.37. The topological polar surface area (TPSA) is 66.3 Å². The van der Waals surface area contributed by atoms with Crippen molar-refractivity contribution in [3.8, 4) is 0 Å². The van der Waals surface area contributed by atoms with Crippen molar-refractivity contribution >= 4 is 11.9 Å². The molecule has 0 unspecified atom stereocenters. The van der Waals surface area contributed by atoms with E-state index in [-0.39, 0.29) is 12.6 Å². The Morgan fingerprint density at radius 1 is 1.60 bits per heavy atom. The Labute approximate surface area is 88.8 Å². The normalized spacial score (nSPS) is 10.4. The minimum Gasteiger partial charge on any atom is -0.480 e. The van der Waals surface area contributed by atoms with E-state index in [2.05, 4.69) is 9.97 Å². The molecule has 15 heavy (non-hydrogen) atoms. The number of carbonyl (C=O) groups is 1. The fourth-order valence-electron chi connectivity index (χ4n) is 1.20. The van der Waals surface area contributed by atoms with Crippen molar-refractivity contribution in [2.75, 3.05) is 11.4 Å². The van der Waals surface area contributed by atoms with Gasteiger partial charge < -0.3 is 10.0 Å². The molecule has 1 aromatic heterocycles. The first-order chi connectivity index (χ1) is 7.00. The van der Waals surface area contributed by atoms with E-state index in [1.54, 1.807) is 17.2 Å². The van der Waals surface area contributed by atoms with Crippen LogP contribution in [0.15, 0.2) is 12.3 Å². The van der Waals surface area contributed by atoms with E-state index in [9.17, 15) is 4.79 Å². The number of rotatable bonds is 4. The summed E-state index contributed by atoms with van der Waals surface area (Å²) in [6, 6.07) is 1.84. The highest BCUT2D eigenvalue weighted by Crippen LogP contribution is 2.10. The summed E-state index contributed by atoms with van der Waals surface area (Å²) in [5.41, 5.74) is 0.830. The predicted octanol–water partition coefficient (Wildman–Crippen LogP) is 1.08. The second kappa shape index (κ2) is 4.72. The quantitative estimate of drug-likeness (QED) is 0.803. The van der Waals surface area contributed by atoms with E-state index in [1.807, 2.05) is 20.8 Å². The fraction of sp³-hybridized carbons (Fsp3) is 0.500. The second-order valence-electron chi connectivity index (χ2n) is 3.61. The van der Waals surface area contributed by atoms with Crippen molar-refractivity contribution in [1.82, 2.24) is 9.97 Å². The highest BCUT2D eigenvalue weighted by Gasteiger charge is 2.16. The Bertz CT molecular complexity index is 352. The van der Waals surface area contributed by atoms with Crippen LogP contribution >= 0.6 is 0 Å². The van der Waals surface area contributed by atoms with Gasteiger partial charge in [0.2, 0.25) is 5.95 Å². The van der Waals surface area contributed by atoms with Crippen LogP contribution < -0.4 is 4.90 Å². The van der Waals surface area contributed by atoms with E-state index < -0.39 is 5.97 Å². The van der Waals surface area contributed by atoms with Crippen LogP contribution in [0.3, 0.4) is 0 Å². The zero-order chi connectivity index (χ0) is 11.4. The minimum absolute atomic E-state index is 0.0582. The molecule has 0 bridgehead atoms. The molecule has 0 fully saturated rings. The van der Waals surface area contributed by atoms with Gasteiger partial charge in [-0.15, -0.1) is 0 Å². The maximum atomic E-state index is 10.7. The molecule has 0 aliphatic carbocycles. The zero-order valence-corrected chi connectivity index (χ0v) is 9.14. The molecule has 0 spiro atoms. The molecule has 0 aliphatic rings. The van der Waals surface area contributed by atoms with E-state index >= 15 is 0 Å². The second-order valence-corrected chi connectivity index (χ2v) is 3.61. The fourth-order valence-corrected chi connectivity index (χ4v) is 1.20. The number of carboxylic acids is 1. The minimum atomic E-state index is -0.881. The number of aryl methyl sites for hydroxylation is 1. The van der Waals surface area contributed by atoms with Gasteiger partial charge in [0, 0.05) is 17.9 Å². The number of anilines is 1. The highest BCUT2D eigenvalue weighted by molar-refractivity contribution is 5.72. The van der Waals surface area contributed by atoms with Crippen LogP contribution in [0.2, 0.25) is 0 Å². The maximum absolute atomic E-state index is 10.7. The Balaban J connectivity index is 2.93. The Kier molecular flexibility index (Phi) is 3.60. The summed E-state index contributed by atoms with van der Waals surface area (Å²) < 4.78 is 0. The molecule has 0 aliphatic heterocycles. The molecular formula is C10H15N3O2. The Morgan fingerprint density at radius 3 is 2.73 bits per heavy atom. The molecule has 0 atom stereocenters. The predicted molar refractivity (Wildman–Crippen MR) is 56.9 cm³/mol. The van der Waals surface area contributed by atoms with Crippen molar-refractivity contribution in [3.05, 3.63) is 18.0 Å². The number of aromatic nitrogens is 2. The zero-order valence-electron chi connectivity index (χ0n) is 9.14. The molecular weight excluding hydrogens is 194 g/mol. The standard InChI is InChI=1S/C10H15N3O2/c1-7(2)13(6-9(14)15)10-11-5-4-8(3)12-10/h4-5,7H,6H2,1-3H3,(H,14,15). The molecule has 0 saturated heterocycles. The molecule has 0 amide bonds. The molecule has 5 heteroatoms. The Morgan fingerprint density at radius 2 is 2.27 bits per heavy atom. The number of hydrogen-bond acceptors (Lipinski definition) is 4. The van der Waals surface area contributed by atoms with Gasteiger partial charge in [0.05, 0.1) is 0 Å². The van der Waals surface area contributed by atoms with Crippen molar-refractivity contribution in [1.29, 1.82) is 0 Å². The average Bonchev–Trinajstić information content (AvgIpc) is 2.13. The van der Waals surface area contributed by atoms with Crippen molar-refractivity contribution in [2.24, 2.45) is 0 Å². The van der Waals surface area contributed by atoms with E-state index in [0.29, 0.717) is 5.95 Å². The molecule has 5 nitrogen and oxygen atoms in total. The number of nitrogens with zero attached hydrogens (tertiary/aromatic N) is 3. The van der Waals surface area contributed by atoms with Gasteiger partial charge in [0.1, 0.15) is 6.54 Å². The summed E-state index contributed by atoms with van der Waals surface area (Å²) >= 11 is 0. The monoisotopic (exact) mass is 209 g/mol. The first kappa shape index (κ1) is 11.4. The van der Waals surface area contributed by atoms with Gasteiger partial charge in [0.15, 0.2) is 0 Å². The van der Waals surface area contributed by atoms with Gasteiger partial charge in [-0.3, -0.25) is 4.79 Å². The third-order valence-corrected chi connectivity index (χ3v) is 1.97. The first-order valence-corrected chi connectivity index (χ1v) is 4.79. The molecule has 1 N–H and O–H groups in total. The molecule has 1 heterocycles. The highest BCUT2D eigenvalue weighted by atomic mass is 16.4. The van der Waals surface area contributed by atoms with Gasteiger partial charge in [0.25, 0.3) is 0 Å². The van der Waals surface area contributed by atoms with Crippen LogP contribution in [-0.4, -0.2) is 33.6 Å². The lowest BCUT2D eigenvalue weighted by atomic mass is 10.3. The van der Waals surface area contributed by atoms with Crippen molar-refractivity contribution in [3.63, 3.8) is 0 Å². The third kappa shape index (κ3) is 3.19. The summed E-state index contributed by atoms with van der Waals surface area (Å²) in [5.74, 6) is -0.416. The van der Waals surface area contributed by atoms with Crippen LogP contribution in [0.5, 0.6) is 0 Å². The third-order valence-electron chi connectivity index (χ3n) is 1.97. The Hall–Kier alpha value is -1.65. The van der Waals surface area contributed by atoms with Gasteiger partial charge in [-0.1, -0.05) is 0 Å². The number of hydrogen-bond donors (Lipinski definition) is 1. The van der Waals surface area contributed by atoms with E-state index in [0.717, 1.165) is 5.69 Å².